The number of carbonyl (C=O) groups excluding carboxylic acids is 2. The van der Waals surface area contributed by atoms with Gasteiger partial charge in [0, 0.05) is 44.8 Å². The van der Waals surface area contributed by atoms with Crippen LogP contribution in [0.1, 0.15) is 36.5 Å². The second kappa shape index (κ2) is 11.3. The molecule has 1 aliphatic heterocycles. The van der Waals surface area contributed by atoms with Gasteiger partial charge in [0.2, 0.25) is 5.91 Å². The van der Waals surface area contributed by atoms with Crippen LogP contribution in [-0.2, 0) is 11.3 Å². The molecule has 14 heteroatoms. The smallest absolute Gasteiger partial charge is 0.255 e. The summed E-state index contributed by atoms with van der Waals surface area (Å²) in [5.41, 5.74) is 13.2. The van der Waals surface area contributed by atoms with Gasteiger partial charge in [-0.25, -0.2) is 9.61 Å². The van der Waals surface area contributed by atoms with Gasteiger partial charge >= 0.3 is 0 Å². The first kappa shape index (κ1) is 26.3. The summed E-state index contributed by atoms with van der Waals surface area (Å²) < 4.78 is 6.55. The Kier molecular flexibility index (Phi) is 8.97. The molecule has 1 aliphatic rings. The van der Waals surface area contributed by atoms with Crippen molar-refractivity contribution in [1.29, 1.82) is 0 Å². The zero-order chi connectivity index (χ0) is 22.0. The maximum Gasteiger partial charge on any atom is 0.255 e. The molecule has 3 aromatic heterocycles. The number of carbonyl (C=O) groups is 2. The number of likely N-dealkylation sites (tertiary alicyclic amines) is 1. The summed E-state index contributed by atoms with van der Waals surface area (Å²) in [5, 5.41) is 10.5. The van der Waals surface area contributed by atoms with Crippen molar-refractivity contribution in [2.24, 2.45) is 5.73 Å². The van der Waals surface area contributed by atoms with Crippen LogP contribution in [0, 0.1) is 0 Å². The van der Waals surface area contributed by atoms with Crippen LogP contribution in [0.15, 0.2) is 17.0 Å². The number of rotatable bonds is 6. The third-order valence-corrected chi connectivity index (χ3v) is 5.48. The minimum absolute atomic E-state index is 0. The molecule has 12 nitrogen and oxygen atoms in total. The van der Waals surface area contributed by atoms with E-state index in [-0.39, 0.29) is 48.5 Å². The molecule has 4 rings (SSSR count). The van der Waals surface area contributed by atoms with E-state index in [4.69, 9.17) is 16.1 Å². The molecule has 0 bridgehead atoms. The van der Waals surface area contributed by atoms with Crippen molar-refractivity contribution in [3.63, 3.8) is 0 Å². The summed E-state index contributed by atoms with van der Waals surface area (Å²) >= 11 is 0. The number of amides is 2. The molecule has 4 heterocycles. The Bertz CT molecular complexity index is 1110. The molecule has 0 atom stereocenters. The first-order valence-corrected chi connectivity index (χ1v) is 10.2. The summed E-state index contributed by atoms with van der Waals surface area (Å²) in [6.45, 7) is 4.01. The van der Waals surface area contributed by atoms with Crippen molar-refractivity contribution >= 4 is 53.5 Å². The summed E-state index contributed by atoms with van der Waals surface area (Å²) in [7, 11) is 0. The second-order valence-corrected chi connectivity index (χ2v) is 7.40. The molecule has 2 amide bonds. The molecular formula is C19H27Cl2N9O3. The molecule has 3 aromatic rings. The Labute approximate surface area is 202 Å². The average molecular weight is 500 g/mol. The van der Waals surface area contributed by atoms with Crippen molar-refractivity contribution < 1.29 is 14.2 Å². The second-order valence-electron chi connectivity index (χ2n) is 7.40. The van der Waals surface area contributed by atoms with E-state index in [0.717, 1.165) is 0 Å². The van der Waals surface area contributed by atoms with Crippen LogP contribution in [0.4, 0.5) is 5.82 Å². The van der Waals surface area contributed by atoms with E-state index >= 15 is 0 Å². The fraction of sp³-hybridized carbons (Fsp3) is 0.474. The fourth-order valence-electron chi connectivity index (χ4n) is 3.91. The maximum absolute atomic E-state index is 13.1. The van der Waals surface area contributed by atoms with Gasteiger partial charge in [-0.1, -0.05) is 0 Å². The summed E-state index contributed by atoms with van der Waals surface area (Å²) in [6.07, 6.45) is 4.84. The van der Waals surface area contributed by atoms with Crippen molar-refractivity contribution in [2.45, 2.75) is 38.8 Å². The van der Waals surface area contributed by atoms with Crippen LogP contribution >= 0.6 is 24.8 Å². The Balaban J connectivity index is 0.00000193. The van der Waals surface area contributed by atoms with E-state index < -0.39 is 0 Å². The van der Waals surface area contributed by atoms with Crippen LogP contribution in [-0.4, -0.2) is 67.2 Å². The van der Waals surface area contributed by atoms with Crippen LogP contribution in [0.5, 0.6) is 0 Å². The number of imidazole rings is 1. The lowest BCUT2D eigenvalue weighted by Crippen LogP contribution is -2.46. The number of nitrogens with one attached hydrogen (secondary N) is 1. The minimum Gasteiger partial charge on any atom is -0.379 e. The van der Waals surface area contributed by atoms with Crippen molar-refractivity contribution in [1.82, 2.24) is 35.1 Å². The third-order valence-electron chi connectivity index (χ3n) is 5.48. The summed E-state index contributed by atoms with van der Waals surface area (Å²) in [5.74, 6) is 0.407. The molecule has 180 valence electrons. The van der Waals surface area contributed by atoms with E-state index in [2.05, 4.69) is 25.6 Å². The Hall–Kier alpha value is -2.96. The van der Waals surface area contributed by atoms with Crippen molar-refractivity contribution in [3.8, 4) is 11.5 Å². The molecule has 0 aromatic carbocycles. The van der Waals surface area contributed by atoms with Crippen molar-refractivity contribution in [3.05, 3.63) is 18.0 Å². The number of hydrogen-bond donors (Lipinski definition) is 3. The van der Waals surface area contributed by atoms with E-state index in [1.807, 2.05) is 11.5 Å². The number of nitrogens with zero attached hydrogens (tertiary/aromatic N) is 6. The number of halogens is 2. The van der Waals surface area contributed by atoms with Crippen LogP contribution in [0.3, 0.4) is 0 Å². The van der Waals surface area contributed by atoms with Gasteiger partial charge in [0.1, 0.15) is 5.52 Å². The lowest BCUT2D eigenvalue weighted by atomic mass is 10.0. The largest absolute Gasteiger partial charge is 0.379 e. The van der Waals surface area contributed by atoms with Crippen LogP contribution < -0.4 is 16.8 Å². The van der Waals surface area contributed by atoms with E-state index in [0.29, 0.717) is 73.6 Å². The van der Waals surface area contributed by atoms with Gasteiger partial charge in [0.05, 0.1) is 17.3 Å². The Morgan fingerprint density at radius 1 is 1.21 bits per heavy atom. The quantitative estimate of drug-likeness (QED) is 0.446. The lowest BCUT2D eigenvalue weighted by Gasteiger charge is -2.32. The first-order valence-electron chi connectivity index (χ1n) is 10.2. The Morgan fingerprint density at radius 3 is 2.55 bits per heavy atom. The molecular weight excluding hydrogens is 473 g/mol. The number of anilines is 1. The van der Waals surface area contributed by atoms with E-state index in [1.54, 1.807) is 11.1 Å². The van der Waals surface area contributed by atoms with E-state index in [9.17, 15) is 9.59 Å². The highest BCUT2D eigenvalue weighted by Gasteiger charge is 2.26. The maximum atomic E-state index is 13.1. The number of nitrogen functional groups attached to an aromatic ring is 1. The molecule has 0 radical (unpaired) electrons. The SMILES string of the molecule is CCn1c(-c2nonc2N)nc2cncc(C(=O)NC3CCN(C(=O)CCN)CC3)c21.Cl.Cl. The van der Waals surface area contributed by atoms with Gasteiger partial charge < -0.3 is 26.3 Å². The van der Waals surface area contributed by atoms with Gasteiger partial charge in [-0.3, -0.25) is 14.6 Å². The van der Waals surface area contributed by atoms with Gasteiger partial charge in [-0.05, 0) is 30.1 Å². The fourth-order valence-corrected chi connectivity index (χ4v) is 3.91. The van der Waals surface area contributed by atoms with Crippen molar-refractivity contribution in [2.75, 3.05) is 25.4 Å². The van der Waals surface area contributed by atoms with Gasteiger partial charge in [0.25, 0.3) is 5.91 Å². The molecule has 33 heavy (non-hydrogen) atoms. The normalized spacial score (nSPS) is 13.9. The number of aryl methyl sites for hydroxylation is 1. The predicted octanol–water partition coefficient (Wildman–Crippen LogP) is 0.997. The number of hydrogen-bond acceptors (Lipinski definition) is 9. The van der Waals surface area contributed by atoms with Crippen LogP contribution in [0.2, 0.25) is 0 Å². The number of aromatic nitrogens is 5. The molecule has 0 spiro atoms. The number of nitrogens with two attached hydrogens (primary N) is 2. The highest BCUT2D eigenvalue weighted by atomic mass is 35.5. The van der Waals surface area contributed by atoms with Crippen LogP contribution in [0.25, 0.3) is 22.6 Å². The monoisotopic (exact) mass is 499 g/mol. The minimum atomic E-state index is -0.239. The highest BCUT2D eigenvalue weighted by molar-refractivity contribution is 6.05. The third kappa shape index (κ3) is 5.18. The highest BCUT2D eigenvalue weighted by Crippen LogP contribution is 2.28. The molecule has 1 fully saturated rings. The lowest BCUT2D eigenvalue weighted by molar-refractivity contribution is -0.132. The van der Waals surface area contributed by atoms with Gasteiger partial charge in [-0.2, -0.15) is 0 Å². The number of piperidine rings is 1. The zero-order valence-corrected chi connectivity index (χ0v) is 19.7. The molecule has 1 saturated heterocycles. The Morgan fingerprint density at radius 2 is 1.94 bits per heavy atom. The summed E-state index contributed by atoms with van der Waals surface area (Å²) in [4.78, 5) is 35.6. The topological polar surface area (TPSA) is 171 Å². The average Bonchev–Trinajstić information content (AvgIpc) is 3.36. The van der Waals surface area contributed by atoms with E-state index in [1.165, 1.54) is 6.20 Å². The molecule has 0 saturated carbocycles. The number of fused-ring (bicyclic) bond motifs is 1. The first-order chi connectivity index (χ1) is 15.0. The number of pyridine rings is 1. The van der Waals surface area contributed by atoms with Gasteiger partial charge in [-0.15, -0.1) is 24.8 Å². The van der Waals surface area contributed by atoms with Gasteiger partial charge in [0.15, 0.2) is 17.3 Å². The predicted molar refractivity (Wildman–Crippen MR) is 126 cm³/mol. The molecule has 0 aliphatic carbocycles. The molecule has 0 unspecified atom stereocenters. The standard InChI is InChI=1S/C19H25N9O3.2ClH/c1-2-28-16-12(9-22-10-13(16)24-18(28)15-17(21)26-31-25-15)19(30)23-11-4-7-27(8-5-11)14(29)3-6-20;;/h9-11H,2-8,20H2,1H3,(H2,21,26)(H,23,30);2*1H. The zero-order valence-electron chi connectivity index (χ0n) is 18.1. The summed E-state index contributed by atoms with van der Waals surface area (Å²) in [6, 6.07) is -0.0301. The molecule has 5 N–H and O–H groups in total.